The second-order valence-corrected chi connectivity index (χ2v) is 8.45. The van der Waals surface area contributed by atoms with E-state index in [9.17, 15) is 9.59 Å². The highest BCUT2D eigenvalue weighted by atomic mass is 16.5. The summed E-state index contributed by atoms with van der Waals surface area (Å²) in [6, 6.07) is 7.73. The fourth-order valence-corrected chi connectivity index (χ4v) is 4.55. The first-order valence-electron chi connectivity index (χ1n) is 11.4. The fraction of sp³-hybridized carbons (Fsp3) is 0.440. The van der Waals surface area contributed by atoms with Gasteiger partial charge in [-0.05, 0) is 51.5 Å². The van der Waals surface area contributed by atoms with Crippen molar-refractivity contribution >= 4 is 22.7 Å². The first-order valence-corrected chi connectivity index (χ1v) is 11.4. The summed E-state index contributed by atoms with van der Waals surface area (Å²) < 4.78 is 7.24. The Morgan fingerprint density at radius 1 is 1.21 bits per heavy atom. The summed E-state index contributed by atoms with van der Waals surface area (Å²) in [7, 11) is 3.55. The van der Waals surface area contributed by atoms with Crippen LogP contribution in [-0.2, 0) is 7.05 Å². The van der Waals surface area contributed by atoms with Crippen LogP contribution < -0.4 is 4.74 Å². The van der Waals surface area contributed by atoms with E-state index in [1.54, 1.807) is 18.2 Å². The average molecular weight is 450 g/mol. The van der Waals surface area contributed by atoms with Crippen molar-refractivity contribution in [1.82, 2.24) is 24.3 Å². The Labute approximate surface area is 194 Å². The average Bonchev–Trinajstić information content (AvgIpc) is 3.44. The van der Waals surface area contributed by atoms with E-state index in [4.69, 9.17) is 4.74 Å². The van der Waals surface area contributed by atoms with Crippen LogP contribution in [0.2, 0.25) is 0 Å². The smallest absolute Gasteiger partial charge is 0.270 e. The summed E-state index contributed by atoms with van der Waals surface area (Å²) in [6.45, 7) is 8.28. The monoisotopic (exact) mass is 449 g/mol. The Bertz CT molecular complexity index is 1200. The first kappa shape index (κ1) is 22.8. The van der Waals surface area contributed by atoms with Crippen LogP contribution in [0.4, 0.5) is 0 Å². The van der Waals surface area contributed by atoms with Gasteiger partial charge in [0.25, 0.3) is 11.8 Å². The van der Waals surface area contributed by atoms with Crippen LogP contribution in [0.3, 0.4) is 0 Å². The molecule has 0 bridgehead atoms. The Kier molecular flexibility index (Phi) is 6.35. The largest absolute Gasteiger partial charge is 0.497 e. The summed E-state index contributed by atoms with van der Waals surface area (Å²) in [5, 5.41) is 0.975. The minimum atomic E-state index is -0.0420. The van der Waals surface area contributed by atoms with Crippen LogP contribution in [0.1, 0.15) is 58.6 Å². The summed E-state index contributed by atoms with van der Waals surface area (Å²) in [5.41, 5.74) is 2.86. The number of fused-ring (bicyclic) bond motifs is 1. The van der Waals surface area contributed by atoms with Crippen LogP contribution >= 0.6 is 0 Å². The van der Waals surface area contributed by atoms with E-state index < -0.39 is 0 Å². The molecule has 174 valence electrons. The van der Waals surface area contributed by atoms with Gasteiger partial charge in [-0.25, -0.2) is 9.97 Å². The highest BCUT2D eigenvalue weighted by Crippen LogP contribution is 2.29. The summed E-state index contributed by atoms with van der Waals surface area (Å²) in [5.74, 6) is 1.48. The Balaban J connectivity index is 1.51. The molecule has 0 aliphatic carbocycles. The molecule has 1 aliphatic heterocycles. The molecule has 1 atom stereocenters. The van der Waals surface area contributed by atoms with E-state index >= 15 is 0 Å². The number of methoxy groups -OCH3 is 1. The fourth-order valence-electron chi connectivity index (χ4n) is 4.55. The van der Waals surface area contributed by atoms with Gasteiger partial charge < -0.3 is 19.1 Å². The molecule has 1 aliphatic rings. The third-order valence-corrected chi connectivity index (χ3v) is 6.59. The maximum Gasteiger partial charge on any atom is 0.270 e. The zero-order chi connectivity index (χ0) is 23.7. The van der Waals surface area contributed by atoms with Crippen molar-refractivity contribution in [3.63, 3.8) is 0 Å². The van der Waals surface area contributed by atoms with Crippen LogP contribution in [0.15, 0.2) is 30.5 Å². The molecule has 1 aromatic carbocycles. The molecule has 33 heavy (non-hydrogen) atoms. The number of aromatic nitrogens is 3. The topological polar surface area (TPSA) is 80.6 Å². The van der Waals surface area contributed by atoms with Gasteiger partial charge in [-0.3, -0.25) is 9.59 Å². The van der Waals surface area contributed by atoms with E-state index in [2.05, 4.69) is 9.97 Å². The molecular formula is C25H31N5O3. The summed E-state index contributed by atoms with van der Waals surface area (Å²) in [4.78, 5) is 38.8. The molecule has 8 heteroatoms. The van der Waals surface area contributed by atoms with Crippen LogP contribution in [-0.4, -0.2) is 69.4 Å². The lowest BCUT2D eigenvalue weighted by molar-refractivity contribution is 0.0768. The lowest BCUT2D eigenvalue weighted by atomic mass is 10.1. The second kappa shape index (κ2) is 9.21. The second-order valence-electron chi connectivity index (χ2n) is 8.45. The standard InChI is InChI=1S/C25H31N5O3/c1-6-29(7-2)24(31)20-14-26-23(27-16(20)3)17-10-11-30(15-17)25(32)22-13-18-12-19(33-5)8-9-21(18)28(22)4/h8-9,12-14,17H,6-7,10-11,15H2,1-5H3/t17-/m1/s1. The van der Waals surface area contributed by atoms with E-state index in [0.717, 1.165) is 23.1 Å². The number of rotatable bonds is 6. The van der Waals surface area contributed by atoms with E-state index in [-0.39, 0.29) is 17.7 Å². The van der Waals surface area contributed by atoms with Crippen molar-refractivity contribution in [1.29, 1.82) is 0 Å². The maximum atomic E-state index is 13.3. The number of carbonyl (C=O) groups is 2. The number of aryl methyl sites for hydroxylation is 2. The van der Waals surface area contributed by atoms with Crippen molar-refractivity contribution in [2.24, 2.45) is 7.05 Å². The number of likely N-dealkylation sites (tertiary alicyclic amines) is 1. The van der Waals surface area contributed by atoms with Crippen LogP contribution in [0.25, 0.3) is 10.9 Å². The van der Waals surface area contributed by atoms with Gasteiger partial charge in [0.05, 0.1) is 18.4 Å². The normalized spacial score (nSPS) is 15.8. The van der Waals surface area contributed by atoms with Gasteiger partial charge in [0.1, 0.15) is 17.3 Å². The van der Waals surface area contributed by atoms with Gasteiger partial charge in [-0.15, -0.1) is 0 Å². The van der Waals surface area contributed by atoms with E-state index in [1.165, 1.54) is 0 Å². The Hall–Kier alpha value is -3.42. The molecule has 8 nitrogen and oxygen atoms in total. The van der Waals surface area contributed by atoms with Gasteiger partial charge in [0.15, 0.2) is 0 Å². The van der Waals surface area contributed by atoms with Gasteiger partial charge in [0, 0.05) is 56.2 Å². The SMILES string of the molecule is CCN(CC)C(=O)c1cnc([C@@H]2CCN(C(=O)c3cc4cc(OC)ccc4n3C)C2)nc1C. The molecule has 2 aromatic heterocycles. The number of hydrogen-bond acceptors (Lipinski definition) is 5. The third kappa shape index (κ3) is 4.17. The quantitative estimate of drug-likeness (QED) is 0.576. The minimum Gasteiger partial charge on any atom is -0.497 e. The van der Waals surface area contributed by atoms with Crippen molar-refractivity contribution in [2.45, 2.75) is 33.1 Å². The summed E-state index contributed by atoms with van der Waals surface area (Å²) >= 11 is 0. The molecule has 3 heterocycles. The number of amides is 2. The molecule has 0 saturated carbocycles. The van der Waals surface area contributed by atoms with Crippen molar-refractivity contribution in [3.05, 3.63) is 53.2 Å². The molecule has 1 saturated heterocycles. The van der Waals surface area contributed by atoms with Crippen molar-refractivity contribution in [2.75, 3.05) is 33.3 Å². The predicted molar refractivity (Wildman–Crippen MR) is 127 cm³/mol. The molecule has 0 spiro atoms. The zero-order valence-electron chi connectivity index (χ0n) is 20.0. The predicted octanol–water partition coefficient (Wildman–Crippen LogP) is 3.40. The molecule has 4 rings (SSSR count). The molecule has 2 amide bonds. The van der Waals surface area contributed by atoms with E-state index in [1.807, 2.05) is 61.6 Å². The molecule has 0 radical (unpaired) electrons. The first-order chi connectivity index (χ1) is 15.9. The van der Waals surface area contributed by atoms with Gasteiger partial charge in [-0.1, -0.05) is 0 Å². The number of nitrogens with zero attached hydrogens (tertiary/aromatic N) is 5. The van der Waals surface area contributed by atoms with Gasteiger partial charge in [0.2, 0.25) is 0 Å². The summed E-state index contributed by atoms with van der Waals surface area (Å²) in [6.07, 6.45) is 2.44. The highest BCUT2D eigenvalue weighted by Gasteiger charge is 2.31. The Morgan fingerprint density at radius 2 is 1.97 bits per heavy atom. The number of ether oxygens (including phenoxy) is 1. The van der Waals surface area contributed by atoms with Gasteiger partial charge in [-0.2, -0.15) is 0 Å². The molecule has 1 fully saturated rings. The minimum absolute atomic E-state index is 0.000204. The van der Waals surface area contributed by atoms with Crippen LogP contribution in [0, 0.1) is 6.92 Å². The van der Waals surface area contributed by atoms with Crippen molar-refractivity contribution < 1.29 is 14.3 Å². The lowest BCUT2D eigenvalue weighted by Gasteiger charge is -2.20. The van der Waals surface area contributed by atoms with E-state index in [0.29, 0.717) is 49.0 Å². The van der Waals surface area contributed by atoms with Gasteiger partial charge >= 0.3 is 0 Å². The third-order valence-electron chi connectivity index (χ3n) is 6.59. The molecule has 3 aromatic rings. The van der Waals surface area contributed by atoms with Crippen LogP contribution in [0.5, 0.6) is 5.75 Å². The Morgan fingerprint density at radius 3 is 2.64 bits per heavy atom. The van der Waals surface area contributed by atoms with Crippen molar-refractivity contribution in [3.8, 4) is 5.75 Å². The number of hydrogen-bond donors (Lipinski definition) is 0. The maximum absolute atomic E-state index is 13.3. The molecule has 0 N–H and O–H groups in total. The zero-order valence-corrected chi connectivity index (χ0v) is 20.0. The lowest BCUT2D eigenvalue weighted by Crippen LogP contribution is -2.31. The number of benzene rings is 1. The highest BCUT2D eigenvalue weighted by molar-refractivity contribution is 5.99. The molecular weight excluding hydrogens is 418 g/mol. The number of carbonyl (C=O) groups excluding carboxylic acids is 2. The molecule has 0 unspecified atom stereocenters.